The molecule has 0 saturated heterocycles. The van der Waals surface area contributed by atoms with E-state index in [1.54, 1.807) is 11.0 Å². The molecule has 8 heteroatoms. The van der Waals surface area contributed by atoms with Gasteiger partial charge in [0.15, 0.2) is 5.69 Å². The third kappa shape index (κ3) is 4.11. The Morgan fingerprint density at radius 1 is 1.23 bits per heavy atom. The lowest BCUT2D eigenvalue weighted by atomic mass is 10.1. The number of rotatable bonds is 6. The topological polar surface area (TPSA) is 77.4 Å². The Morgan fingerprint density at radius 2 is 2.00 bits per heavy atom. The van der Waals surface area contributed by atoms with Crippen molar-refractivity contribution in [2.75, 3.05) is 17.8 Å². The van der Waals surface area contributed by atoms with E-state index in [2.05, 4.69) is 21.8 Å². The van der Waals surface area contributed by atoms with Crippen molar-refractivity contribution in [3.63, 3.8) is 0 Å². The number of carbonyl (C=O) groups excluding carboxylic acids is 1. The number of carbonyl (C=O) groups is 1. The van der Waals surface area contributed by atoms with Crippen LogP contribution in [-0.4, -0.2) is 34.0 Å². The fourth-order valence-corrected chi connectivity index (χ4v) is 3.64. The van der Waals surface area contributed by atoms with Crippen molar-refractivity contribution in [2.45, 2.75) is 24.7 Å². The molecule has 1 aliphatic heterocycles. The van der Waals surface area contributed by atoms with Gasteiger partial charge < -0.3 is 9.47 Å². The maximum atomic E-state index is 13.1. The molecule has 4 rings (SSSR count). The zero-order valence-corrected chi connectivity index (χ0v) is 18.1. The molecule has 0 radical (unpaired) electrons. The number of hydrogen-bond acceptors (Lipinski definition) is 7. The number of thioether (sulfide) groups is 1. The first kappa shape index (κ1) is 20.9. The maximum absolute atomic E-state index is 13.1. The number of fused-ring (bicyclic) bond motifs is 3. The molecule has 0 N–H and O–H groups in total. The number of aromatic nitrogens is 3. The summed E-state index contributed by atoms with van der Waals surface area (Å²) in [5.41, 5.74) is 2.76. The van der Waals surface area contributed by atoms with Crippen LogP contribution in [0.4, 0.5) is 5.69 Å². The molecular weight excluding hydrogens is 412 g/mol. The van der Waals surface area contributed by atoms with Gasteiger partial charge >= 0.3 is 0 Å². The smallest absolute Gasteiger partial charge is 0.247 e. The summed E-state index contributed by atoms with van der Waals surface area (Å²) < 4.78 is 11.9. The van der Waals surface area contributed by atoms with Gasteiger partial charge in [-0.15, -0.1) is 10.2 Å². The van der Waals surface area contributed by atoms with E-state index in [1.807, 2.05) is 61.7 Å². The summed E-state index contributed by atoms with van der Waals surface area (Å²) in [5.74, 6) is 0.977. The van der Waals surface area contributed by atoms with Crippen LogP contribution in [0.2, 0.25) is 0 Å². The number of para-hydroxylation sites is 1. The number of amides is 1. The first-order chi connectivity index (χ1) is 15.2. The van der Waals surface area contributed by atoms with Crippen LogP contribution in [0, 0.1) is 0 Å². The van der Waals surface area contributed by atoms with Gasteiger partial charge in [-0.05, 0) is 36.6 Å². The summed E-state index contributed by atoms with van der Waals surface area (Å²) in [6, 6.07) is 15.0. The highest BCUT2D eigenvalue weighted by molar-refractivity contribution is 7.98. The highest BCUT2D eigenvalue weighted by Gasteiger charge is 2.35. The van der Waals surface area contributed by atoms with Crippen LogP contribution in [0.5, 0.6) is 11.6 Å². The second-order valence-electron chi connectivity index (χ2n) is 6.73. The first-order valence-electron chi connectivity index (χ1n) is 9.86. The van der Waals surface area contributed by atoms with E-state index >= 15 is 0 Å². The molecule has 7 nitrogen and oxygen atoms in total. The van der Waals surface area contributed by atoms with E-state index in [-0.39, 0.29) is 5.91 Å². The lowest BCUT2D eigenvalue weighted by molar-refractivity contribution is -0.120. The molecule has 3 aromatic rings. The van der Waals surface area contributed by atoms with Gasteiger partial charge in [-0.3, -0.25) is 9.69 Å². The Bertz CT molecular complexity index is 1100. The van der Waals surface area contributed by atoms with Crippen molar-refractivity contribution < 1.29 is 14.3 Å². The minimum atomic E-state index is -0.713. The Hall–Kier alpha value is -3.39. The van der Waals surface area contributed by atoms with Crippen LogP contribution >= 0.6 is 11.8 Å². The molecule has 0 unspecified atom stereocenters. The third-order valence-corrected chi connectivity index (χ3v) is 5.34. The van der Waals surface area contributed by atoms with Crippen LogP contribution < -0.4 is 14.4 Å². The van der Waals surface area contributed by atoms with Crippen LogP contribution in [-0.2, 0) is 4.79 Å². The van der Waals surface area contributed by atoms with Crippen LogP contribution in [0.3, 0.4) is 0 Å². The van der Waals surface area contributed by atoms with Gasteiger partial charge in [0.2, 0.25) is 23.2 Å². The van der Waals surface area contributed by atoms with Crippen molar-refractivity contribution in [2.24, 2.45) is 0 Å². The zero-order chi connectivity index (χ0) is 21.8. The molecule has 0 fully saturated rings. The molecular formula is C23H22N4O3S. The second-order valence-corrected chi connectivity index (χ2v) is 7.50. The van der Waals surface area contributed by atoms with Gasteiger partial charge in [0.05, 0.1) is 5.69 Å². The lowest BCUT2D eigenvalue weighted by Crippen LogP contribution is -2.37. The third-order valence-electron chi connectivity index (χ3n) is 4.80. The van der Waals surface area contributed by atoms with Crippen molar-refractivity contribution >= 4 is 23.4 Å². The minimum absolute atomic E-state index is 0.0738. The number of anilines is 1. The highest BCUT2D eigenvalue weighted by atomic mass is 32.2. The average Bonchev–Trinajstić information content (AvgIpc) is 2.96. The van der Waals surface area contributed by atoms with Crippen molar-refractivity contribution in [3.05, 3.63) is 66.7 Å². The molecule has 0 bridgehead atoms. The Balaban J connectivity index is 1.86. The molecule has 2 aromatic carbocycles. The van der Waals surface area contributed by atoms with Gasteiger partial charge in [-0.25, -0.2) is 0 Å². The molecule has 1 aromatic heterocycles. The van der Waals surface area contributed by atoms with Crippen molar-refractivity contribution in [3.8, 4) is 22.9 Å². The molecule has 1 aliphatic rings. The van der Waals surface area contributed by atoms with Gasteiger partial charge in [-0.1, -0.05) is 49.5 Å². The van der Waals surface area contributed by atoms with Crippen molar-refractivity contribution in [1.82, 2.24) is 15.2 Å². The van der Waals surface area contributed by atoms with Crippen molar-refractivity contribution in [1.29, 1.82) is 0 Å². The monoisotopic (exact) mass is 434 g/mol. The highest BCUT2D eigenvalue weighted by Crippen LogP contribution is 2.43. The molecule has 1 amide bonds. The number of nitrogens with zero attached hydrogens (tertiary/aromatic N) is 4. The molecule has 0 saturated carbocycles. The maximum Gasteiger partial charge on any atom is 0.247 e. The van der Waals surface area contributed by atoms with Crippen LogP contribution in [0.15, 0.2) is 66.3 Å². The Kier molecular flexibility index (Phi) is 6.18. The Morgan fingerprint density at radius 3 is 2.71 bits per heavy atom. The van der Waals surface area contributed by atoms with E-state index in [9.17, 15) is 4.79 Å². The normalized spacial score (nSPS) is 14.6. The van der Waals surface area contributed by atoms with Gasteiger partial charge in [0.25, 0.3) is 0 Å². The summed E-state index contributed by atoms with van der Waals surface area (Å²) >= 11 is 1.38. The van der Waals surface area contributed by atoms with Crippen LogP contribution in [0.25, 0.3) is 11.3 Å². The summed E-state index contributed by atoms with van der Waals surface area (Å²) in [5, 5.41) is 9.03. The fraction of sp³-hybridized carbons (Fsp3) is 0.217. The zero-order valence-electron chi connectivity index (χ0n) is 17.3. The molecule has 1 atom stereocenters. The van der Waals surface area contributed by atoms with E-state index in [4.69, 9.17) is 9.47 Å². The Labute approximate surface area is 185 Å². The molecule has 2 heterocycles. The minimum Gasteiger partial charge on any atom is -0.490 e. The summed E-state index contributed by atoms with van der Waals surface area (Å²) in [7, 11) is 0. The second kappa shape index (κ2) is 9.18. The number of ether oxygens (including phenoxy) is 2. The van der Waals surface area contributed by atoms with Gasteiger partial charge in [0.1, 0.15) is 12.4 Å². The summed E-state index contributed by atoms with van der Waals surface area (Å²) in [4.78, 5) is 19.3. The molecule has 31 heavy (non-hydrogen) atoms. The lowest BCUT2D eigenvalue weighted by Gasteiger charge is -2.30. The molecule has 0 aliphatic carbocycles. The van der Waals surface area contributed by atoms with E-state index in [0.717, 1.165) is 11.1 Å². The van der Waals surface area contributed by atoms with Gasteiger partial charge in [-0.2, -0.15) is 4.98 Å². The molecule has 158 valence electrons. The number of benzene rings is 2. The largest absolute Gasteiger partial charge is 0.490 e. The fourth-order valence-electron chi connectivity index (χ4n) is 3.34. The quantitative estimate of drug-likeness (QED) is 0.412. The number of hydrogen-bond donors (Lipinski definition) is 0. The van der Waals surface area contributed by atoms with E-state index in [0.29, 0.717) is 41.2 Å². The predicted molar refractivity (Wildman–Crippen MR) is 120 cm³/mol. The van der Waals surface area contributed by atoms with E-state index in [1.165, 1.54) is 11.8 Å². The summed E-state index contributed by atoms with van der Waals surface area (Å²) in [6.45, 7) is 5.91. The van der Waals surface area contributed by atoms with E-state index < -0.39 is 6.23 Å². The summed E-state index contributed by atoms with van der Waals surface area (Å²) in [6.07, 6.45) is 3.17. The van der Waals surface area contributed by atoms with Gasteiger partial charge in [0, 0.05) is 17.5 Å². The predicted octanol–water partition coefficient (Wildman–Crippen LogP) is 4.66. The standard InChI is InChI=1S/C23H22N4O3S/c1-4-14-29-16-12-10-15(11-13-16)22-27(19(28)5-2)18-9-7-6-8-17(18)20-21(30-22)24-23(31-3)26-25-20/h4,6-13,22H,1,5,14H2,2-3H3/t22-/m1/s1. The molecule has 0 spiro atoms. The first-order valence-corrected chi connectivity index (χ1v) is 11.1. The SMILES string of the molecule is C=CCOc1ccc([C@H]2Oc3nc(SC)nnc3-c3ccccc3N2C(=O)CC)cc1. The average molecular weight is 435 g/mol. The van der Waals surface area contributed by atoms with Crippen LogP contribution in [0.1, 0.15) is 25.1 Å².